The minimum atomic E-state index is -1.23. The quantitative estimate of drug-likeness (QED) is 0.562. The summed E-state index contributed by atoms with van der Waals surface area (Å²) in [6.45, 7) is 0. The Morgan fingerprint density at radius 1 is 1.04 bits per heavy atom. The van der Waals surface area contributed by atoms with Crippen LogP contribution < -0.4 is 11.1 Å². The molecule has 1 atom stereocenters. The van der Waals surface area contributed by atoms with Crippen LogP contribution in [0, 0.1) is 27.6 Å². The standard InChI is InChI=1S/C17H14F3N3O4/c18-11-3-1-9(5-13(11)20)8-16(24)22-14(17(21)25)6-10-2-4-12(19)15(7-10)23(26)27/h1-5,7,14H,6,8H2,(H2,21,25)(H,22,24)/t14-/m0/s1. The van der Waals surface area contributed by atoms with Crippen LogP contribution in [0.25, 0.3) is 0 Å². The molecule has 10 heteroatoms. The van der Waals surface area contributed by atoms with Crippen LogP contribution >= 0.6 is 0 Å². The molecule has 2 rings (SSSR count). The lowest BCUT2D eigenvalue weighted by molar-refractivity contribution is -0.387. The Morgan fingerprint density at radius 3 is 2.26 bits per heavy atom. The van der Waals surface area contributed by atoms with Crippen molar-refractivity contribution in [1.82, 2.24) is 5.32 Å². The summed E-state index contributed by atoms with van der Waals surface area (Å²) in [5.74, 6) is -4.83. The molecule has 0 aliphatic heterocycles. The maximum atomic E-state index is 13.4. The number of nitro benzene ring substituents is 1. The molecule has 0 heterocycles. The first-order valence-corrected chi connectivity index (χ1v) is 7.62. The van der Waals surface area contributed by atoms with Crippen molar-refractivity contribution in [2.24, 2.45) is 5.73 Å². The van der Waals surface area contributed by atoms with Gasteiger partial charge in [0.15, 0.2) is 11.6 Å². The number of halogens is 3. The summed E-state index contributed by atoms with van der Waals surface area (Å²) in [7, 11) is 0. The molecule has 0 radical (unpaired) electrons. The number of primary amides is 1. The molecule has 0 bridgehead atoms. The molecule has 2 amide bonds. The van der Waals surface area contributed by atoms with Gasteiger partial charge in [0.1, 0.15) is 6.04 Å². The van der Waals surface area contributed by atoms with E-state index < -0.39 is 45.9 Å². The molecule has 2 aromatic rings. The van der Waals surface area contributed by atoms with Gasteiger partial charge < -0.3 is 11.1 Å². The highest BCUT2D eigenvalue weighted by atomic mass is 19.2. The van der Waals surface area contributed by atoms with Crippen LogP contribution in [0.4, 0.5) is 18.9 Å². The maximum absolute atomic E-state index is 13.4. The van der Waals surface area contributed by atoms with Gasteiger partial charge in [-0.2, -0.15) is 4.39 Å². The lowest BCUT2D eigenvalue weighted by Crippen LogP contribution is -2.46. The van der Waals surface area contributed by atoms with Crippen molar-refractivity contribution in [3.05, 3.63) is 75.1 Å². The fourth-order valence-electron chi connectivity index (χ4n) is 2.36. The van der Waals surface area contributed by atoms with Gasteiger partial charge in [-0.15, -0.1) is 0 Å². The molecule has 27 heavy (non-hydrogen) atoms. The fraction of sp³-hybridized carbons (Fsp3) is 0.176. The van der Waals surface area contributed by atoms with Crippen molar-refractivity contribution in [1.29, 1.82) is 0 Å². The van der Waals surface area contributed by atoms with Gasteiger partial charge in [0.2, 0.25) is 17.6 Å². The Morgan fingerprint density at radius 2 is 1.67 bits per heavy atom. The van der Waals surface area contributed by atoms with E-state index in [2.05, 4.69) is 5.32 Å². The summed E-state index contributed by atoms with van der Waals surface area (Å²) < 4.78 is 39.4. The molecule has 2 aromatic carbocycles. The van der Waals surface area contributed by atoms with E-state index in [1.54, 1.807) is 0 Å². The number of nitrogens with one attached hydrogen (secondary N) is 1. The Bertz CT molecular complexity index is 905. The topological polar surface area (TPSA) is 115 Å². The Balaban J connectivity index is 2.10. The molecule has 142 valence electrons. The molecule has 3 N–H and O–H groups in total. The van der Waals surface area contributed by atoms with Crippen LogP contribution in [0.1, 0.15) is 11.1 Å². The lowest BCUT2D eigenvalue weighted by Gasteiger charge is -2.16. The molecule has 0 fully saturated rings. The Hall–Kier alpha value is -3.43. The zero-order valence-corrected chi connectivity index (χ0v) is 13.7. The molecule has 0 saturated heterocycles. The van der Waals surface area contributed by atoms with Gasteiger partial charge in [0.05, 0.1) is 11.3 Å². The molecular weight excluding hydrogens is 367 g/mol. The molecular formula is C17H14F3N3O4. The number of amides is 2. The third kappa shape index (κ3) is 5.27. The van der Waals surface area contributed by atoms with Crippen LogP contribution in [0.5, 0.6) is 0 Å². The zero-order chi connectivity index (χ0) is 20.1. The van der Waals surface area contributed by atoms with Crippen molar-refractivity contribution in [2.75, 3.05) is 0 Å². The van der Waals surface area contributed by atoms with Crippen molar-refractivity contribution in [3.63, 3.8) is 0 Å². The average Bonchev–Trinajstić information content (AvgIpc) is 2.58. The predicted octanol–water partition coefficient (Wildman–Crippen LogP) is 1.77. The van der Waals surface area contributed by atoms with Crippen molar-refractivity contribution in [3.8, 4) is 0 Å². The largest absolute Gasteiger partial charge is 0.368 e. The van der Waals surface area contributed by atoms with Crippen LogP contribution in [0.3, 0.4) is 0 Å². The number of rotatable bonds is 7. The minimum Gasteiger partial charge on any atom is -0.368 e. The van der Waals surface area contributed by atoms with E-state index in [0.29, 0.717) is 0 Å². The van der Waals surface area contributed by atoms with E-state index in [1.165, 1.54) is 12.1 Å². The van der Waals surface area contributed by atoms with Crippen molar-refractivity contribution >= 4 is 17.5 Å². The first-order valence-electron chi connectivity index (χ1n) is 7.62. The summed E-state index contributed by atoms with van der Waals surface area (Å²) in [5.41, 5.74) is 4.83. The number of carbonyl (C=O) groups is 2. The molecule has 0 aliphatic carbocycles. The summed E-state index contributed by atoms with van der Waals surface area (Å²) in [5, 5.41) is 13.1. The smallest absolute Gasteiger partial charge is 0.305 e. The number of benzene rings is 2. The number of nitrogens with two attached hydrogens (primary N) is 1. The van der Waals surface area contributed by atoms with Gasteiger partial charge in [-0.3, -0.25) is 19.7 Å². The van der Waals surface area contributed by atoms with E-state index in [0.717, 1.165) is 24.3 Å². The number of hydrogen-bond acceptors (Lipinski definition) is 4. The first-order chi connectivity index (χ1) is 12.7. The number of hydrogen-bond donors (Lipinski definition) is 2. The highest BCUT2D eigenvalue weighted by Crippen LogP contribution is 2.19. The summed E-state index contributed by atoms with van der Waals surface area (Å²) in [6, 6.07) is 4.72. The number of nitrogens with zero attached hydrogens (tertiary/aromatic N) is 1. The number of carbonyl (C=O) groups excluding carboxylic acids is 2. The second kappa shape index (κ2) is 8.30. The molecule has 0 unspecified atom stereocenters. The van der Waals surface area contributed by atoms with Gasteiger partial charge in [0, 0.05) is 12.5 Å². The van der Waals surface area contributed by atoms with Crippen LogP contribution in [0.15, 0.2) is 36.4 Å². The van der Waals surface area contributed by atoms with Gasteiger partial charge in [0.25, 0.3) is 0 Å². The Labute approximate surface area is 151 Å². The molecule has 7 nitrogen and oxygen atoms in total. The third-order valence-electron chi connectivity index (χ3n) is 3.67. The van der Waals surface area contributed by atoms with Gasteiger partial charge in [-0.1, -0.05) is 12.1 Å². The average molecular weight is 381 g/mol. The monoisotopic (exact) mass is 381 g/mol. The van der Waals surface area contributed by atoms with Crippen molar-refractivity contribution < 1.29 is 27.7 Å². The van der Waals surface area contributed by atoms with Gasteiger partial charge >= 0.3 is 5.69 Å². The zero-order valence-electron chi connectivity index (χ0n) is 13.7. The maximum Gasteiger partial charge on any atom is 0.305 e. The summed E-state index contributed by atoms with van der Waals surface area (Å²) >= 11 is 0. The van der Waals surface area contributed by atoms with Crippen LogP contribution in [0.2, 0.25) is 0 Å². The molecule has 0 aromatic heterocycles. The third-order valence-corrected chi connectivity index (χ3v) is 3.67. The van der Waals surface area contributed by atoms with Crippen molar-refractivity contribution in [2.45, 2.75) is 18.9 Å². The highest BCUT2D eigenvalue weighted by Gasteiger charge is 2.21. The molecule has 0 aliphatic rings. The lowest BCUT2D eigenvalue weighted by atomic mass is 10.0. The van der Waals surface area contributed by atoms with Gasteiger partial charge in [-0.25, -0.2) is 8.78 Å². The molecule has 0 saturated carbocycles. The van der Waals surface area contributed by atoms with E-state index in [-0.39, 0.29) is 24.0 Å². The van der Waals surface area contributed by atoms with Crippen LogP contribution in [-0.2, 0) is 22.4 Å². The van der Waals surface area contributed by atoms with Crippen LogP contribution in [-0.4, -0.2) is 22.8 Å². The van der Waals surface area contributed by atoms with E-state index in [9.17, 15) is 32.9 Å². The second-order valence-corrected chi connectivity index (χ2v) is 5.69. The minimum absolute atomic E-state index is 0.173. The summed E-state index contributed by atoms with van der Waals surface area (Å²) in [6.07, 6.45) is -0.551. The number of nitro groups is 1. The van der Waals surface area contributed by atoms with E-state index >= 15 is 0 Å². The van der Waals surface area contributed by atoms with E-state index in [4.69, 9.17) is 5.73 Å². The first kappa shape index (κ1) is 19.9. The summed E-state index contributed by atoms with van der Waals surface area (Å²) in [4.78, 5) is 33.5. The van der Waals surface area contributed by atoms with Gasteiger partial charge in [-0.05, 0) is 29.3 Å². The highest BCUT2D eigenvalue weighted by molar-refractivity contribution is 5.87. The normalized spacial score (nSPS) is 11.7. The SMILES string of the molecule is NC(=O)[C@H](Cc1ccc(F)c([N+](=O)[O-])c1)NC(=O)Cc1ccc(F)c(F)c1. The fourth-order valence-corrected chi connectivity index (χ4v) is 2.36. The van der Waals surface area contributed by atoms with E-state index in [1.807, 2.05) is 0 Å². The second-order valence-electron chi connectivity index (χ2n) is 5.69. The predicted molar refractivity (Wildman–Crippen MR) is 87.9 cm³/mol. The Kier molecular flexibility index (Phi) is 6.11. The molecule has 0 spiro atoms.